The first kappa shape index (κ1) is 14.3. The van der Waals surface area contributed by atoms with Gasteiger partial charge in [-0.25, -0.2) is 0 Å². The lowest BCUT2D eigenvalue weighted by Crippen LogP contribution is -2.37. The molecule has 0 amide bonds. The van der Waals surface area contributed by atoms with Gasteiger partial charge in [0.25, 0.3) is 0 Å². The second kappa shape index (κ2) is 6.87. The molecule has 0 bridgehead atoms. The van der Waals surface area contributed by atoms with Crippen molar-refractivity contribution in [1.82, 2.24) is 9.47 Å². The zero-order chi connectivity index (χ0) is 12.8. The van der Waals surface area contributed by atoms with Crippen molar-refractivity contribution in [3.63, 3.8) is 0 Å². The predicted molar refractivity (Wildman–Crippen MR) is 74.8 cm³/mol. The minimum absolute atomic E-state index is 0.202. The van der Waals surface area contributed by atoms with Gasteiger partial charge < -0.3 is 4.57 Å². The Morgan fingerprint density at radius 2 is 2.29 bits per heavy atom. The summed E-state index contributed by atoms with van der Waals surface area (Å²) in [7, 11) is 3.97. The van der Waals surface area contributed by atoms with Crippen LogP contribution >= 0.6 is 11.8 Å². The molecule has 1 rings (SSSR count). The summed E-state index contributed by atoms with van der Waals surface area (Å²) in [6.07, 6.45) is 6.98. The maximum absolute atomic E-state index is 12.0. The summed E-state index contributed by atoms with van der Waals surface area (Å²) in [5.41, 5.74) is 0.804. The zero-order valence-corrected chi connectivity index (χ0v) is 12.0. The highest BCUT2D eigenvalue weighted by atomic mass is 32.2. The number of thioether (sulfide) groups is 1. The Kier molecular flexibility index (Phi) is 5.78. The van der Waals surface area contributed by atoms with Crippen LogP contribution in [0.1, 0.15) is 23.7 Å². The van der Waals surface area contributed by atoms with Crippen molar-refractivity contribution in [2.75, 3.05) is 25.6 Å². The number of carbonyl (C=O) groups excluding carboxylic acids is 1. The Labute approximate surface area is 108 Å². The van der Waals surface area contributed by atoms with Crippen molar-refractivity contribution >= 4 is 17.5 Å². The molecule has 0 radical (unpaired) electrons. The van der Waals surface area contributed by atoms with Gasteiger partial charge in [0.15, 0.2) is 5.78 Å². The van der Waals surface area contributed by atoms with Crippen LogP contribution in [-0.2, 0) is 7.05 Å². The number of hydrogen-bond donors (Lipinski definition) is 0. The van der Waals surface area contributed by atoms with Crippen molar-refractivity contribution in [3.8, 4) is 0 Å². The van der Waals surface area contributed by atoms with Crippen molar-refractivity contribution in [3.05, 3.63) is 24.0 Å². The monoisotopic (exact) mass is 254 g/mol. The SMILES string of the molecule is CCC(CSC)N(C)CC(=O)c1ccn(C)c1. The molecule has 4 heteroatoms. The molecule has 0 saturated carbocycles. The lowest BCUT2D eigenvalue weighted by Gasteiger charge is -2.25. The zero-order valence-electron chi connectivity index (χ0n) is 11.1. The van der Waals surface area contributed by atoms with Gasteiger partial charge in [0.05, 0.1) is 6.54 Å². The first-order valence-corrected chi connectivity index (χ1v) is 7.32. The van der Waals surface area contributed by atoms with Crippen LogP contribution in [0.15, 0.2) is 18.5 Å². The first-order valence-electron chi connectivity index (χ1n) is 5.92. The smallest absolute Gasteiger partial charge is 0.178 e. The van der Waals surface area contributed by atoms with Gasteiger partial charge in [0.2, 0.25) is 0 Å². The number of aryl methyl sites for hydroxylation is 1. The van der Waals surface area contributed by atoms with Gasteiger partial charge in [-0.1, -0.05) is 6.92 Å². The van der Waals surface area contributed by atoms with Crippen LogP contribution in [0.3, 0.4) is 0 Å². The average Bonchev–Trinajstić information content (AvgIpc) is 2.72. The van der Waals surface area contributed by atoms with Gasteiger partial charge in [-0.05, 0) is 25.8 Å². The fourth-order valence-electron chi connectivity index (χ4n) is 1.86. The van der Waals surface area contributed by atoms with Crippen LogP contribution in [-0.4, -0.2) is 46.9 Å². The predicted octanol–water partition coefficient (Wildman–Crippen LogP) is 2.28. The normalized spacial score (nSPS) is 13.0. The molecule has 1 atom stereocenters. The number of rotatable bonds is 7. The van der Waals surface area contributed by atoms with E-state index in [9.17, 15) is 4.79 Å². The van der Waals surface area contributed by atoms with Gasteiger partial charge in [0.1, 0.15) is 0 Å². The van der Waals surface area contributed by atoms with Gasteiger partial charge in [-0.3, -0.25) is 9.69 Å². The third-order valence-corrected chi connectivity index (χ3v) is 3.72. The second-order valence-corrected chi connectivity index (χ2v) is 5.33. The lowest BCUT2D eigenvalue weighted by molar-refractivity contribution is 0.0925. The average molecular weight is 254 g/mol. The maximum atomic E-state index is 12.0. The highest BCUT2D eigenvalue weighted by Crippen LogP contribution is 2.10. The van der Waals surface area contributed by atoms with E-state index in [-0.39, 0.29) is 5.78 Å². The number of carbonyl (C=O) groups is 1. The van der Waals surface area contributed by atoms with Gasteiger partial charge in [-0.15, -0.1) is 0 Å². The van der Waals surface area contributed by atoms with Crippen LogP contribution in [0, 0.1) is 0 Å². The maximum Gasteiger partial charge on any atom is 0.178 e. The number of likely N-dealkylation sites (N-methyl/N-ethyl adjacent to an activating group) is 1. The van der Waals surface area contributed by atoms with Crippen LogP contribution in [0.5, 0.6) is 0 Å². The minimum atomic E-state index is 0.202. The molecule has 0 aromatic carbocycles. The lowest BCUT2D eigenvalue weighted by atomic mass is 10.1. The molecule has 0 aliphatic heterocycles. The number of aromatic nitrogens is 1. The van der Waals surface area contributed by atoms with Crippen molar-refractivity contribution in [1.29, 1.82) is 0 Å². The highest BCUT2D eigenvalue weighted by Gasteiger charge is 2.16. The molecule has 0 aliphatic rings. The largest absolute Gasteiger partial charge is 0.357 e. The molecular formula is C13H22N2OS. The van der Waals surface area contributed by atoms with E-state index in [1.54, 1.807) is 0 Å². The van der Waals surface area contributed by atoms with Crippen molar-refractivity contribution in [2.45, 2.75) is 19.4 Å². The fraction of sp³-hybridized carbons (Fsp3) is 0.615. The molecule has 0 aliphatic carbocycles. The molecule has 96 valence electrons. The van der Waals surface area contributed by atoms with Crippen molar-refractivity contribution in [2.24, 2.45) is 7.05 Å². The highest BCUT2D eigenvalue weighted by molar-refractivity contribution is 7.98. The Hall–Kier alpha value is -0.740. The van der Waals surface area contributed by atoms with Gasteiger partial charge in [0, 0.05) is 36.8 Å². The van der Waals surface area contributed by atoms with E-state index in [0.29, 0.717) is 12.6 Å². The molecule has 0 saturated heterocycles. The number of Topliss-reactive ketones (excluding diaryl/α,β-unsaturated/α-hetero) is 1. The molecule has 0 N–H and O–H groups in total. The molecule has 1 aromatic rings. The van der Waals surface area contributed by atoms with E-state index in [2.05, 4.69) is 18.1 Å². The Morgan fingerprint density at radius 1 is 1.59 bits per heavy atom. The van der Waals surface area contributed by atoms with Gasteiger partial charge in [-0.2, -0.15) is 11.8 Å². The molecule has 1 heterocycles. The Morgan fingerprint density at radius 3 is 2.76 bits per heavy atom. The summed E-state index contributed by atoms with van der Waals surface area (Å²) in [5, 5.41) is 0. The summed E-state index contributed by atoms with van der Waals surface area (Å²) in [6.45, 7) is 2.67. The molecule has 17 heavy (non-hydrogen) atoms. The Balaban J connectivity index is 2.55. The molecule has 1 unspecified atom stereocenters. The van der Waals surface area contributed by atoms with E-state index in [1.807, 2.05) is 48.9 Å². The standard InChI is InChI=1S/C13H22N2OS/c1-5-12(10-17-4)15(3)9-13(16)11-6-7-14(2)8-11/h6-8,12H,5,9-10H2,1-4H3. The quantitative estimate of drug-likeness (QED) is 0.698. The van der Waals surface area contributed by atoms with Gasteiger partial charge >= 0.3 is 0 Å². The molecule has 0 fully saturated rings. The summed E-state index contributed by atoms with van der Waals surface area (Å²) in [4.78, 5) is 14.2. The number of nitrogens with zero attached hydrogens (tertiary/aromatic N) is 2. The topological polar surface area (TPSA) is 25.2 Å². The second-order valence-electron chi connectivity index (χ2n) is 4.42. The van der Waals surface area contributed by atoms with Crippen LogP contribution < -0.4 is 0 Å². The molecule has 0 spiro atoms. The van der Waals surface area contributed by atoms with E-state index in [1.165, 1.54) is 0 Å². The van der Waals surface area contributed by atoms with Crippen LogP contribution in [0.2, 0.25) is 0 Å². The third-order valence-electron chi connectivity index (χ3n) is 3.00. The summed E-state index contributed by atoms with van der Waals surface area (Å²) in [6, 6.07) is 2.36. The minimum Gasteiger partial charge on any atom is -0.357 e. The third kappa shape index (κ3) is 4.21. The summed E-state index contributed by atoms with van der Waals surface area (Å²) in [5.74, 6) is 1.28. The van der Waals surface area contributed by atoms with Crippen LogP contribution in [0.25, 0.3) is 0 Å². The van der Waals surface area contributed by atoms with E-state index < -0.39 is 0 Å². The Bertz CT molecular complexity index is 362. The summed E-state index contributed by atoms with van der Waals surface area (Å²) >= 11 is 1.83. The van der Waals surface area contributed by atoms with E-state index in [4.69, 9.17) is 0 Å². The van der Waals surface area contributed by atoms with Crippen LogP contribution in [0.4, 0.5) is 0 Å². The molecule has 1 aromatic heterocycles. The fourth-order valence-corrected chi connectivity index (χ4v) is 2.74. The molecular weight excluding hydrogens is 232 g/mol. The van der Waals surface area contributed by atoms with Crippen molar-refractivity contribution < 1.29 is 4.79 Å². The number of ketones is 1. The number of hydrogen-bond acceptors (Lipinski definition) is 3. The van der Waals surface area contributed by atoms with E-state index >= 15 is 0 Å². The first-order chi connectivity index (χ1) is 8.08. The van der Waals surface area contributed by atoms with E-state index in [0.717, 1.165) is 17.7 Å². The molecule has 3 nitrogen and oxygen atoms in total. The summed E-state index contributed by atoms with van der Waals surface area (Å²) < 4.78 is 1.91.